The summed E-state index contributed by atoms with van der Waals surface area (Å²) < 4.78 is 0. The largest absolute Gasteiger partial charge is 0.314 e. The van der Waals surface area contributed by atoms with Gasteiger partial charge in [-0.05, 0) is 59.2 Å². The van der Waals surface area contributed by atoms with Crippen LogP contribution in [0.1, 0.15) is 30.4 Å². The number of nitrogens with one attached hydrogen (secondary N) is 1. The van der Waals surface area contributed by atoms with Crippen molar-refractivity contribution < 1.29 is 0 Å². The minimum Gasteiger partial charge on any atom is -0.314 e. The number of likely N-dealkylation sites (N-methyl/N-ethyl adjacent to an activating group) is 1. The Morgan fingerprint density at radius 2 is 2.11 bits per heavy atom. The Morgan fingerprint density at radius 1 is 1.26 bits per heavy atom. The first-order chi connectivity index (χ1) is 9.38. The number of hydrogen-bond acceptors (Lipinski definition) is 2. The summed E-state index contributed by atoms with van der Waals surface area (Å²) in [5.74, 6) is 1.58. The molecule has 3 rings (SSSR count). The predicted octanol–water partition coefficient (Wildman–Crippen LogP) is 4.07. The Labute approximate surface area is 119 Å². The van der Waals surface area contributed by atoms with Crippen LogP contribution in [-0.4, -0.2) is 12.6 Å². The molecule has 1 fully saturated rings. The molecule has 0 spiro atoms. The monoisotopic (exact) mass is 271 g/mol. The Bertz CT molecular complexity index is 491. The van der Waals surface area contributed by atoms with Crippen molar-refractivity contribution >= 4 is 11.3 Å². The van der Waals surface area contributed by atoms with Gasteiger partial charge in [0.15, 0.2) is 0 Å². The summed E-state index contributed by atoms with van der Waals surface area (Å²) in [5, 5.41) is 8.15. The van der Waals surface area contributed by atoms with Crippen LogP contribution in [0, 0.1) is 5.92 Å². The van der Waals surface area contributed by atoms with Gasteiger partial charge < -0.3 is 5.32 Å². The van der Waals surface area contributed by atoms with Crippen molar-refractivity contribution in [2.24, 2.45) is 5.92 Å². The molecular weight excluding hydrogens is 250 g/mol. The van der Waals surface area contributed by atoms with E-state index >= 15 is 0 Å². The van der Waals surface area contributed by atoms with Crippen molar-refractivity contribution in [2.45, 2.75) is 31.7 Å². The molecule has 1 aromatic heterocycles. The fourth-order valence-corrected chi connectivity index (χ4v) is 3.72. The van der Waals surface area contributed by atoms with Gasteiger partial charge in [0, 0.05) is 6.04 Å². The molecule has 0 saturated heterocycles. The maximum absolute atomic E-state index is 3.69. The summed E-state index contributed by atoms with van der Waals surface area (Å²) in [7, 11) is 0. The third-order valence-corrected chi connectivity index (χ3v) is 4.82. The van der Waals surface area contributed by atoms with Crippen LogP contribution in [0.2, 0.25) is 0 Å². The van der Waals surface area contributed by atoms with Crippen molar-refractivity contribution in [3.8, 4) is 0 Å². The highest BCUT2D eigenvalue weighted by Gasteiger charge is 2.43. The second-order valence-corrected chi connectivity index (χ2v) is 6.20. The third kappa shape index (κ3) is 3.07. The minimum atomic E-state index is 0.629. The lowest BCUT2D eigenvalue weighted by molar-refractivity contribution is 0.465. The van der Waals surface area contributed by atoms with Gasteiger partial charge in [-0.3, -0.25) is 0 Å². The van der Waals surface area contributed by atoms with Crippen LogP contribution in [0.3, 0.4) is 0 Å². The molecule has 19 heavy (non-hydrogen) atoms. The van der Waals surface area contributed by atoms with Crippen molar-refractivity contribution in [1.29, 1.82) is 0 Å². The first-order valence-corrected chi connectivity index (χ1v) is 8.12. The smallest absolute Gasteiger partial charge is 0.0142 e. The van der Waals surface area contributed by atoms with Crippen LogP contribution >= 0.6 is 11.3 Å². The van der Waals surface area contributed by atoms with E-state index in [1.807, 2.05) is 0 Å². The lowest BCUT2D eigenvalue weighted by Gasteiger charge is -2.17. The van der Waals surface area contributed by atoms with E-state index in [9.17, 15) is 0 Å². The number of thiophene rings is 1. The van der Waals surface area contributed by atoms with Crippen LogP contribution in [0.4, 0.5) is 0 Å². The molecule has 0 radical (unpaired) electrons. The molecule has 2 heteroatoms. The second kappa shape index (κ2) is 5.89. The number of rotatable bonds is 6. The Morgan fingerprint density at radius 3 is 2.79 bits per heavy atom. The van der Waals surface area contributed by atoms with E-state index in [2.05, 4.69) is 59.4 Å². The topological polar surface area (TPSA) is 12.0 Å². The molecule has 1 aliphatic carbocycles. The molecule has 3 atom stereocenters. The van der Waals surface area contributed by atoms with Gasteiger partial charge in [-0.2, -0.15) is 11.3 Å². The fraction of sp³-hybridized carbons (Fsp3) is 0.412. The fourth-order valence-electron chi connectivity index (χ4n) is 3.04. The molecule has 1 nitrogen and oxygen atoms in total. The van der Waals surface area contributed by atoms with E-state index in [0.717, 1.165) is 18.4 Å². The quantitative estimate of drug-likeness (QED) is 0.835. The van der Waals surface area contributed by atoms with Gasteiger partial charge in [0.1, 0.15) is 0 Å². The van der Waals surface area contributed by atoms with Crippen LogP contribution in [0.25, 0.3) is 0 Å². The molecule has 2 aromatic rings. The van der Waals surface area contributed by atoms with E-state index in [1.165, 1.54) is 24.0 Å². The molecule has 100 valence electrons. The van der Waals surface area contributed by atoms with Crippen LogP contribution < -0.4 is 5.32 Å². The van der Waals surface area contributed by atoms with Gasteiger partial charge in [-0.1, -0.05) is 37.3 Å². The van der Waals surface area contributed by atoms with Gasteiger partial charge in [0.25, 0.3) is 0 Å². The summed E-state index contributed by atoms with van der Waals surface area (Å²) in [5.41, 5.74) is 3.00. The zero-order chi connectivity index (χ0) is 13.1. The SMILES string of the molecule is CCNC(Cc1ccsc1)C1CC1c1ccccc1. The average molecular weight is 271 g/mol. The predicted molar refractivity (Wildman–Crippen MR) is 82.8 cm³/mol. The highest BCUT2D eigenvalue weighted by molar-refractivity contribution is 7.07. The first kappa shape index (κ1) is 12.9. The standard InChI is InChI=1S/C17H21NS/c1-2-18-17(10-13-8-9-19-12-13)16-11-15(16)14-6-4-3-5-7-14/h3-9,12,15-18H,2,10-11H2,1H3. The maximum atomic E-state index is 3.69. The zero-order valence-corrected chi connectivity index (χ0v) is 12.2. The van der Waals surface area contributed by atoms with Crippen LogP contribution in [-0.2, 0) is 6.42 Å². The normalized spacial score (nSPS) is 23.2. The molecule has 0 bridgehead atoms. The van der Waals surface area contributed by atoms with Gasteiger partial charge in [0.2, 0.25) is 0 Å². The minimum absolute atomic E-state index is 0.629. The van der Waals surface area contributed by atoms with Crippen LogP contribution in [0.15, 0.2) is 47.2 Å². The highest BCUT2D eigenvalue weighted by atomic mass is 32.1. The molecular formula is C17H21NS. The van der Waals surface area contributed by atoms with E-state index < -0.39 is 0 Å². The molecule has 1 N–H and O–H groups in total. The van der Waals surface area contributed by atoms with Crippen molar-refractivity contribution in [1.82, 2.24) is 5.32 Å². The molecule has 1 aromatic carbocycles. The summed E-state index contributed by atoms with van der Waals surface area (Å²) in [6.45, 7) is 3.27. The Hall–Kier alpha value is -1.12. The highest BCUT2D eigenvalue weighted by Crippen LogP contribution is 2.50. The third-order valence-electron chi connectivity index (χ3n) is 4.09. The van der Waals surface area contributed by atoms with Crippen LogP contribution in [0.5, 0.6) is 0 Å². The van der Waals surface area contributed by atoms with E-state index in [-0.39, 0.29) is 0 Å². The van der Waals surface area contributed by atoms with Crippen molar-refractivity contribution in [2.75, 3.05) is 6.54 Å². The van der Waals surface area contributed by atoms with Gasteiger partial charge in [0.05, 0.1) is 0 Å². The van der Waals surface area contributed by atoms with E-state index in [1.54, 1.807) is 11.3 Å². The maximum Gasteiger partial charge on any atom is 0.0142 e. The summed E-state index contributed by atoms with van der Waals surface area (Å²) in [6, 6.07) is 13.9. The lowest BCUT2D eigenvalue weighted by Crippen LogP contribution is -2.33. The van der Waals surface area contributed by atoms with E-state index in [0.29, 0.717) is 6.04 Å². The molecule has 1 saturated carbocycles. The summed E-state index contributed by atoms with van der Waals surface area (Å²) in [6.07, 6.45) is 2.51. The number of hydrogen-bond donors (Lipinski definition) is 1. The Balaban J connectivity index is 1.66. The van der Waals surface area contributed by atoms with Gasteiger partial charge in [-0.25, -0.2) is 0 Å². The lowest BCUT2D eigenvalue weighted by atomic mass is 10.0. The first-order valence-electron chi connectivity index (χ1n) is 7.18. The van der Waals surface area contributed by atoms with Gasteiger partial charge in [-0.15, -0.1) is 0 Å². The molecule has 1 aliphatic rings. The van der Waals surface area contributed by atoms with E-state index in [4.69, 9.17) is 0 Å². The van der Waals surface area contributed by atoms with Crippen molar-refractivity contribution in [3.05, 3.63) is 58.3 Å². The summed E-state index contributed by atoms with van der Waals surface area (Å²) in [4.78, 5) is 0. The average Bonchev–Trinajstić information content (AvgIpc) is 3.09. The molecule has 3 unspecified atom stereocenters. The summed E-state index contributed by atoms with van der Waals surface area (Å²) >= 11 is 1.80. The molecule has 1 heterocycles. The zero-order valence-electron chi connectivity index (χ0n) is 11.4. The molecule has 0 amide bonds. The molecule has 0 aliphatic heterocycles. The second-order valence-electron chi connectivity index (χ2n) is 5.42. The number of benzene rings is 1. The van der Waals surface area contributed by atoms with Crippen molar-refractivity contribution in [3.63, 3.8) is 0 Å². The Kier molecular flexibility index (Phi) is 4.00. The van der Waals surface area contributed by atoms with Gasteiger partial charge >= 0.3 is 0 Å².